The van der Waals surface area contributed by atoms with Crippen molar-refractivity contribution in [2.24, 2.45) is 0 Å². The molecule has 1 amide bonds. The fourth-order valence-corrected chi connectivity index (χ4v) is 2.45. The van der Waals surface area contributed by atoms with Gasteiger partial charge in [-0.3, -0.25) is 9.59 Å². The average Bonchev–Trinajstić information content (AvgIpc) is 2.62. The average molecular weight is 316 g/mol. The van der Waals surface area contributed by atoms with Crippen molar-refractivity contribution in [3.05, 3.63) is 83.9 Å². The topological polar surface area (TPSA) is 72.2 Å². The Hall–Kier alpha value is -3.40. The van der Waals surface area contributed by atoms with Crippen LogP contribution in [0.1, 0.15) is 20.7 Å². The summed E-state index contributed by atoms with van der Waals surface area (Å²) in [6.07, 6.45) is 0.726. The number of nitrogens with one attached hydrogen (secondary N) is 1. The van der Waals surface area contributed by atoms with Gasteiger partial charge in [0.05, 0.1) is 5.69 Å². The number of carbonyl (C=O) groups excluding carboxylic acids is 2. The first kappa shape index (κ1) is 15.5. The van der Waals surface area contributed by atoms with Crippen molar-refractivity contribution in [2.45, 2.75) is 0 Å². The van der Waals surface area contributed by atoms with E-state index >= 15 is 0 Å². The van der Waals surface area contributed by atoms with Gasteiger partial charge in [-0.05, 0) is 41.5 Å². The lowest BCUT2D eigenvalue weighted by atomic mass is 10.0. The van der Waals surface area contributed by atoms with Gasteiger partial charge in [-0.15, -0.1) is 0 Å². The molecule has 4 heteroatoms. The van der Waals surface area contributed by atoms with E-state index in [2.05, 4.69) is 5.32 Å². The molecule has 24 heavy (non-hydrogen) atoms. The Balaban J connectivity index is 1.94. The Morgan fingerprint density at radius 1 is 0.875 bits per heavy atom. The Morgan fingerprint density at radius 3 is 2.38 bits per heavy atom. The molecule has 0 saturated heterocycles. The Morgan fingerprint density at radius 2 is 1.67 bits per heavy atom. The van der Waals surface area contributed by atoms with E-state index in [9.17, 15) is 9.59 Å². The molecule has 0 saturated carbocycles. The zero-order chi connectivity index (χ0) is 16.9. The van der Waals surface area contributed by atoms with Gasteiger partial charge in [0.2, 0.25) is 0 Å². The van der Waals surface area contributed by atoms with E-state index in [1.807, 2.05) is 36.4 Å². The lowest BCUT2D eigenvalue weighted by Gasteiger charge is -2.11. The first-order chi connectivity index (χ1) is 11.7. The van der Waals surface area contributed by atoms with E-state index in [1.165, 1.54) is 0 Å². The molecule has 3 rings (SSSR count). The Labute approximate surface area is 139 Å². The molecule has 0 bridgehead atoms. The summed E-state index contributed by atoms with van der Waals surface area (Å²) in [5, 5.41) is 2.79. The third kappa shape index (κ3) is 3.33. The second-order valence-corrected chi connectivity index (χ2v) is 5.37. The van der Waals surface area contributed by atoms with Gasteiger partial charge in [0.25, 0.3) is 5.91 Å². The number of amides is 1. The highest BCUT2D eigenvalue weighted by atomic mass is 16.1. The number of nitrogen functional groups attached to an aromatic ring is 1. The maximum Gasteiger partial charge on any atom is 0.255 e. The number of nitrogens with two attached hydrogens (primary N) is 1. The molecule has 0 heterocycles. The molecule has 3 N–H and O–H groups in total. The molecule has 118 valence electrons. The fourth-order valence-electron chi connectivity index (χ4n) is 2.45. The monoisotopic (exact) mass is 316 g/mol. The predicted octanol–water partition coefficient (Wildman–Crippen LogP) is 4.00. The van der Waals surface area contributed by atoms with E-state index < -0.39 is 0 Å². The second kappa shape index (κ2) is 6.79. The van der Waals surface area contributed by atoms with Gasteiger partial charge in [0, 0.05) is 16.8 Å². The molecule has 0 aliphatic heterocycles. The first-order valence-corrected chi connectivity index (χ1v) is 7.49. The highest BCUT2D eigenvalue weighted by Crippen LogP contribution is 2.25. The van der Waals surface area contributed by atoms with Crippen LogP contribution in [0.4, 0.5) is 11.4 Å². The zero-order valence-electron chi connectivity index (χ0n) is 12.9. The van der Waals surface area contributed by atoms with E-state index in [4.69, 9.17) is 5.73 Å². The van der Waals surface area contributed by atoms with E-state index in [1.54, 1.807) is 36.4 Å². The predicted molar refractivity (Wildman–Crippen MR) is 96.1 cm³/mol. The number of carbonyl (C=O) groups is 2. The highest BCUT2D eigenvalue weighted by molar-refractivity contribution is 6.07. The minimum absolute atomic E-state index is 0.310. The molecule has 0 spiro atoms. The normalized spacial score (nSPS) is 10.2. The zero-order valence-corrected chi connectivity index (χ0v) is 12.9. The molecule has 3 aromatic carbocycles. The molecule has 3 aromatic rings. The summed E-state index contributed by atoms with van der Waals surface area (Å²) in [5.41, 5.74) is 9.49. The number of anilines is 2. The molecule has 4 nitrogen and oxygen atoms in total. The van der Waals surface area contributed by atoms with Crippen LogP contribution >= 0.6 is 0 Å². The van der Waals surface area contributed by atoms with Crippen molar-refractivity contribution in [1.29, 1.82) is 0 Å². The number of aldehydes is 1. The number of benzene rings is 3. The molecule has 0 unspecified atom stereocenters. The highest BCUT2D eigenvalue weighted by Gasteiger charge is 2.11. The fraction of sp³-hybridized carbons (Fsp3) is 0. The molecule has 0 aliphatic carbocycles. The van der Waals surface area contributed by atoms with Gasteiger partial charge in [0.1, 0.15) is 0 Å². The third-order valence-electron chi connectivity index (χ3n) is 3.68. The maximum absolute atomic E-state index is 12.4. The summed E-state index contributed by atoms with van der Waals surface area (Å²) in [7, 11) is 0. The largest absolute Gasteiger partial charge is 0.399 e. The lowest BCUT2D eigenvalue weighted by Crippen LogP contribution is -2.13. The minimum Gasteiger partial charge on any atom is -0.399 e. The van der Waals surface area contributed by atoms with Gasteiger partial charge in [-0.1, -0.05) is 42.5 Å². The van der Waals surface area contributed by atoms with Crippen LogP contribution in [0.5, 0.6) is 0 Å². The Kier molecular flexibility index (Phi) is 4.38. The van der Waals surface area contributed by atoms with Crippen LogP contribution in [-0.2, 0) is 0 Å². The van der Waals surface area contributed by atoms with Crippen LogP contribution < -0.4 is 11.1 Å². The maximum atomic E-state index is 12.4. The van der Waals surface area contributed by atoms with Gasteiger partial charge in [-0.25, -0.2) is 0 Å². The summed E-state index contributed by atoms with van der Waals surface area (Å²) in [6.45, 7) is 0. The van der Waals surface area contributed by atoms with Crippen LogP contribution in [0.3, 0.4) is 0 Å². The van der Waals surface area contributed by atoms with Crippen LogP contribution in [0.2, 0.25) is 0 Å². The van der Waals surface area contributed by atoms with Crippen molar-refractivity contribution in [3.63, 3.8) is 0 Å². The second-order valence-electron chi connectivity index (χ2n) is 5.37. The SMILES string of the molecule is Nc1cccc(C(=O)Nc2cc(-c3ccccc3)ccc2C=O)c1. The third-order valence-corrected chi connectivity index (χ3v) is 3.68. The van der Waals surface area contributed by atoms with Gasteiger partial charge < -0.3 is 11.1 Å². The molecular weight excluding hydrogens is 300 g/mol. The van der Waals surface area contributed by atoms with Crippen LogP contribution in [-0.4, -0.2) is 12.2 Å². The van der Waals surface area contributed by atoms with Crippen molar-refractivity contribution < 1.29 is 9.59 Å². The van der Waals surface area contributed by atoms with E-state index in [-0.39, 0.29) is 5.91 Å². The number of hydrogen-bond acceptors (Lipinski definition) is 3. The molecule has 0 aromatic heterocycles. The van der Waals surface area contributed by atoms with Crippen LogP contribution in [0.15, 0.2) is 72.8 Å². The molecule has 0 atom stereocenters. The van der Waals surface area contributed by atoms with E-state index in [0.717, 1.165) is 17.4 Å². The van der Waals surface area contributed by atoms with Crippen molar-refractivity contribution >= 4 is 23.6 Å². The number of rotatable bonds is 4. The molecule has 0 radical (unpaired) electrons. The lowest BCUT2D eigenvalue weighted by molar-refractivity contribution is 0.102. The summed E-state index contributed by atoms with van der Waals surface area (Å²) < 4.78 is 0. The molecule has 0 fully saturated rings. The summed E-state index contributed by atoms with van der Waals surface area (Å²) >= 11 is 0. The Bertz CT molecular complexity index is 889. The summed E-state index contributed by atoms with van der Waals surface area (Å²) in [4.78, 5) is 23.7. The van der Waals surface area contributed by atoms with E-state index in [0.29, 0.717) is 22.5 Å². The summed E-state index contributed by atoms with van der Waals surface area (Å²) in [6, 6.07) is 21.8. The minimum atomic E-state index is -0.310. The first-order valence-electron chi connectivity index (χ1n) is 7.49. The van der Waals surface area contributed by atoms with Crippen molar-refractivity contribution in [1.82, 2.24) is 0 Å². The van der Waals surface area contributed by atoms with Gasteiger partial charge in [-0.2, -0.15) is 0 Å². The van der Waals surface area contributed by atoms with Gasteiger partial charge in [0.15, 0.2) is 6.29 Å². The standard InChI is InChI=1S/C20H16N2O2/c21-18-8-4-7-16(11-18)20(24)22-19-12-15(9-10-17(19)13-23)14-5-2-1-3-6-14/h1-13H,21H2,(H,22,24). The quantitative estimate of drug-likeness (QED) is 0.564. The molecule has 0 aliphatic rings. The van der Waals surface area contributed by atoms with Crippen molar-refractivity contribution in [3.8, 4) is 11.1 Å². The van der Waals surface area contributed by atoms with Crippen LogP contribution in [0.25, 0.3) is 11.1 Å². The van der Waals surface area contributed by atoms with Crippen LogP contribution in [0, 0.1) is 0 Å². The molecular formula is C20H16N2O2. The number of hydrogen-bond donors (Lipinski definition) is 2. The smallest absolute Gasteiger partial charge is 0.255 e. The van der Waals surface area contributed by atoms with Crippen molar-refractivity contribution in [2.75, 3.05) is 11.1 Å². The van der Waals surface area contributed by atoms with Gasteiger partial charge >= 0.3 is 0 Å². The summed E-state index contributed by atoms with van der Waals surface area (Å²) in [5.74, 6) is -0.310.